The smallest absolute Gasteiger partial charge is 0.0997 e. The van der Waals surface area contributed by atoms with Crippen LogP contribution in [0.4, 0.5) is 0 Å². The molecular formula is C23H31ClN2. The Morgan fingerprint density at radius 2 is 1.81 bits per heavy atom. The number of aliphatic imine (C=N–C) groups is 1. The molecule has 2 bridgehead atoms. The van der Waals surface area contributed by atoms with E-state index < -0.39 is 0 Å². The normalized spacial score (nSPS) is 39.0. The molecule has 4 unspecified atom stereocenters. The van der Waals surface area contributed by atoms with Crippen LogP contribution in [0.25, 0.3) is 0 Å². The van der Waals surface area contributed by atoms with E-state index in [1.165, 1.54) is 82.3 Å². The van der Waals surface area contributed by atoms with E-state index in [9.17, 15) is 0 Å². The average Bonchev–Trinajstić information content (AvgIpc) is 3.39. The van der Waals surface area contributed by atoms with Gasteiger partial charge in [-0.2, -0.15) is 0 Å². The number of nitrogens with zero attached hydrogens (tertiary/aromatic N) is 2. The fourth-order valence-electron chi connectivity index (χ4n) is 7.26. The van der Waals surface area contributed by atoms with Crippen molar-refractivity contribution in [1.82, 2.24) is 4.90 Å². The Bertz CT molecular complexity index is 705. The van der Waals surface area contributed by atoms with Gasteiger partial charge >= 0.3 is 0 Å². The Morgan fingerprint density at radius 1 is 1.08 bits per heavy atom. The van der Waals surface area contributed by atoms with Crippen LogP contribution in [0.2, 0.25) is 5.02 Å². The zero-order valence-corrected chi connectivity index (χ0v) is 16.8. The first kappa shape index (κ1) is 17.1. The highest BCUT2D eigenvalue weighted by molar-refractivity contribution is 6.30. The third kappa shape index (κ3) is 2.20. The van der Waals surface area contributed by atoms with Crippen molar-refractivity contribution >= 4 is 17.4 Å². The maximum Gasteiger partial charge on any atom is 0.0997 e. The minimum Gasteiger partial charge on any atom is -0.360 e. The summed E-state index contributed by atoms with van der Waals surface area (Å²) in [5.41, 5.74) is 1.86. The van der Waals surface area contributed by atoms with Gasteiger partial charge < -0.3 is 4.90 Å². The van der Waals surface area contributed by atoms with Gasteiger partial charge in [0.1, 0.15) is 0 Å². The summed E-state index contributed by atoms with van der Waals surface area (Å²) in [6.45, 7) is 4.86. The second-order valence-corrected chi connectivity index (χ2v) is 9.48. The number of piperidine rings is 1. The third-order valence-corrected chi connectivity index (χ3v) is 8.53. The SMILES string of the molecule is CCC1(c2ccc(Cl)cc2)C2CCC(C2)C12CCC(N1CCCCC1)=N2. The monoisotopic (exact) mass is 370 g/mol. The number of hydrogen-bond donors (Lipinski definition) is 0. The van der Waals surface area contributed by atoms with Crippen LogP contribution in [-0.2, 0) is 5.41 Å². The molecule has 2 aliphatic carbocycles. The van der Waals surface area contributed by atoms with Crippen LogP contribution < -0.4 is 0 Å². The van der Waals surface area contributed by atoms with Crippen molar-refractivity contribution in [1.29, 1.82) is 0 Å². The highest BCUT2D eigenvalue weighted by Gasteiger charge is 2.68. The summed E-state index contributed by atoms with van der Waals surface area (Å²) in [6.07, 6.45) is 11.9. The van der Waals surface area contributed by atoms with Crippen molar-refractivity contribution in [3.63, 3.8) is 0 Å². The largest absolute Gasteiger partial charge is 0.360 e. The van der Waals surface area contributed by atoms with Gasteiger partial charge in [0.2, 0.25) is 0 Å². The minimum atomic E-state index is 0.144. The number of hydrogen-bond acceptors (Lipinski definition) is 2. The molecule has 5 rings (SSSR count). The number of likely N-dealkylation sites (tertiary alicyclic amines) is 1. The molecule has 0 N–H and O–H groups in total. The van der Waals surface area contributed by atoms with Crippen LogP contribution >= 0.6 is 11.6 Å². The number of fused-ring (bicyclic) bond motifs is 3. The molecule has 26 heavy (non-hydrogen) atoms. The second-order valence-electron chi connectivity index (χ2n) is 9.04. The summed E-state index contributed by atoms with van der Waals surface area (Å²) in [5.74, 6) is 3.01. The standard InChI is InChI=1S/C23H31ClN2/c1-2-22(17-8-10-20(24)11-9-17)18-6-7-19(16-18)23(22)13-12-21(25-23)26-14-4-3-5-15-26/h8-11,18-19H,2-7,12-16H2,1H3. The number of amidine groups is 1. The van der Waals surface area contributed by atoms with E-state index in [-0.39, 0.29) is 11.0 Å². The summed E-state index contributed by atoms with van der Waals surface area (Å²) in [4.78, 5) is 8.28. The zero-order chi connectivity index (χ0) is 17.8. The van der Waals surface area contributed by atoms with E-state index in [0.717, 1.165) is 16.9 Å². The number of halogens is 1. The van der Waals surface area contributed by atoms with Crippen molar-refractivity contribution in [3.8, 4) is 0 Å². The molecule has 0 aromatic heterocycles. The quantitative estimate of drug-likeness (QED) is 0.639. The van der Waals surface area contributed by atoms with Crippen LogP contribution in [0, 0.1) is 11.8 Å². The molecule has 1 spiro atoms. The van der Waals surface area contributed by atoms with E-state index in [0.29, 0.717) is 0 Å². The maximum atomic E-state index is 6.23. The van der Waals surface area contributed by atoms with Crippen molar-refractivity contribution < 1.29 is 0 Å². The third-order valence-electron chi connectivity index (χ3n) is 8.27. The van der Waals surface area contributed by atoms with Crippen molar-refractivity contribution in [2.24, 2.45) is 16.8 Å². The van der Waals surface area contributed by atoms with Gasteiger partial charge in [0, 0.05) is 29.9 Å². The highest BCUT2D eigenvalue weighted by atomic mass is 35.5. The fourth-order valence-corrected chi connectivity index (χ4v) is 7.38. The molecule has 140 valence electrons. The molecule has 4 atom stereocenters. The molecule has 2 nitrogen and oxygen atoms in total. The summed E-state index contributed by atoms with van der Waals surface area (Å²) in [7, 11) is 0. The predicted molar refractivity (Wildman–Crippen MR) is 109 cm³/mol. The molecule has 3 fully saturated rings. The Kier molecular flexibility index (Phi) is 4.12. The van der Waals surface area contributed by atoms with Crippen molar-refractivity contribution in [2.75, 3.05) is 13.1 Å². The minimum absolute atomic E-state index is 0.144. The van der Waals surface area contributed by atoms with Crippen LogP contribution in [0.5, 0.6) is 0 Å². The van der Waals surface area contributed by atoms with Crippen LogP contribution in [-0.4, -0.2) is 29.4 Å². The summed E-state index contributed by atoms with van der Waals surface area (Å²) < 4.78 is 0. The topological polar surface area (TPSA) is 15.6 Å². The number of benzene rings is 1. The molecule has 1 saturated heterocycles. The lowest BCUT2D eigenvalue weighted by Crippen LogP contribution is -2.53. The molecule has 0 amide bonds. The van der Waals surface area contributed by atoms with Crippen molar-refractivity contribution in [3.05, 3.63) is 34.9 Å². The molecule has 1 aromatic carbocycles. The van der Waals surface area contributed by atoms with Gasteiger partial charge in [0.15, 0.2) is 0 Å². The molecule has 3 heteroatoms. The van der Waals surface area contributed by atoms with Gasteiger partial charge in [-0.15, -0.1) is 0 Å². The average molecular weight is 371 g/mol. The zero-order valence-electron chi connectivity index (χ0n) is 16.0. The Balaban J connectivity index is 1.59. The van der Waals surface area contributed by atoms with Gasteiger partial charge in [-0.25, -0.2) is 0 Å². The van der Waals surface area contributed by atoms with E-state index >= 15 is 0 Å². The highest BCUT2D eigenvalue weighted by Crippen LogP contribution is 2.68. The molecule has 4 aliphatic rings. The molecule has 0 radical (unpaired) electrons. The molecule has 1 aromatic rings. The lowest BCUT2D eigenvalue weighted by Gasteiger charge is -2.50. The maximum absolute atomic E-state index is 6.23. The van der Waals surface area contributed by atoms with Gasteiger partial charge in [-0.1, -0.05) is 30.7 Å². The van der Waals surface area contributed by atoms with Gasteiger partial charge in [-0.3, -0.25) is 4.99 Å². The lowest BCUT2D eigenvalue weighted by atomic mass is 9.56. The molecule has 2 saturated carbocycles. The Labute approximate surface area is 163 Å². The predicted octanol–water partition coefficient (Wildman–Crippen LogP) is 5.83. The Hall–Kier alpha value is -1.02. The summed E-state index contributed by atoms with van der Waals surface area (Å²) >= 11 is 6.23. The second kappa shape index (κ2) is 6.26. The first-order chi connectivity index (χ1) is 12.7. The fraction of sp³-hybridized carbons (Fsp3) is 0.696. The molecule has 2 heterocycles. The van der Waals surface area contributed by atoms with Crippen LogP contribution in [0.1, 0.15) is 70.3 Å². The van der Waals surface area contributed by atoms with E-state index in [4.69, 9.17) is 16.6 Å². The van der Waals surface area contributed by atoms with Gasteiger partial charge in [-0.05, 0) is 80.9 Å². The van der Waals surface area contributed by atoms with Crippen LogP contribution in [0.3, 0.4) is 0 Å². The van der Waals surface area contributed by atoms with Gasteiger partial charge in [0.05, 0.1) is 11.4 Å². The van der Waals surface area contributed by atoms with Crippen molar-refractivity contribution in [2.45, 2.75) is 75.7 Å². The molecule has 2 aliphatic heterocycles. The Morgan fingerprint density at radius 3 is 2.54 bits per heavy atom. The first-order valence-corrected chi connectivity index (χ1v) is 11.2. The van der Waals surface area contributed by atoms with E-state index in [1.807, 2.05) is 0 Å². The van der Waals surface area contributed by atoms with Crippen LogP contribution in [0.15, 0.2) is 29.3 Å². The van der Waals surface area contributed by atoms with Gasteiger partial charge in [0.25, 0.3) is 0 Å². The van der Waals surface area contributed by atoms with E-state index in [1.54, 1.807) is 0 Å². The summed E-state index contributed by atoms with van der Waals surface area (Å²) in [6, 6.07) is 8.81. The molecular weight excluding hydrogens is 340 g/mol. The number of rotatable bonds is 2. The first-order valence-electron chi connectivity index (χ1n) is 10.8. The summed E-state index contributed by atoms with van der Waals surface area (Å²) in [5, 5.41) is 0.848. The lowest BCUT2D eigenvalue weighted by molar-refractivity contribution is 0.125. The van der Waals surface area contributed by atoms with E-state index in [2.05, 4.69) is 36.1 Å².